The number of H-pyrrole nitrogens is 1. The van der Waals surface area contributed by atoms with Gasteiger partial charge in [0.05, 0.1) is 19.1 Å². The normalized spacial score (nSPS) is 19.0. The largest absolute Gasteiger partial charge is 0.461 e. The molecule has 0 spiro atoms. The van der Waals surface area contributed by atoms with Gasteiger partial charge in [-0.1, -0.05) is 0 Å². The monoisotopic (exact) mass is 360 g/mol. The van der Waals surface area contributed by atoms with Crippen LogP contribution in [-0.2, 0) is 4.74 Å². The smallest absolute Gasteiger partial charge is 0.393 e. The Bertz CT molecular complexity index is 652. The third kappa shape index (κ3) is 4.42. The van der Waals surface area contributed by atoms with E-state index in [0.29, 0.717) is 29.8 Å². The maximum Gasteiger partial charge on any atom is 0.393 e. The van der Waals surface area contributed by atoms with Crippen LogP contribution >= 0.6 is 0 Å². The van der Waals surface area contributed by atoms with E-state index in [9.17, 15) is 22.8 Å². The molecule has 0 aromatic carbocycles. The van der Waals surface area contributed by atoms with Crippen LogP contribution in [0.25, 0.3) is 0 Å². The van der Waals surface area contributed by atoms with Crippen LogP contribution in [0.15, 0.2) is 0 Å². The minimum atomic E-state index is -4.24. The van der Waals surface area contributed by atoms with Crippen molar-refractivity contribution in [3.05, 3.63) is 22.5 Å². The Balaban J connectivity index is 2.12. The van der Waals surface area contributed by atoms with Gasteiger partial charge in [-0.05, 0) is 45.7 Å². The third-order valence-corrected chi connectivity index (χ3v) is 4.53. The summed E-state index contributed by atoms with van der Waals surface area (Å²) in [6, 6.07) is 0. The average Bonchev–Trinajstić information content (AvgIpc) is 2.82. The lowest BCUT2D eigenvalue weighted by Crippen LogP contribution is -2.43. The molecule has 1 atom stereocenters. The second-order valence-corrected chi connectivity index (χ2v) is 6.38. The second kappa shape index (κ2) is 7.59. The number of rotatable bonds is 5. The Labute approximate surface area is 144 Å². The van der Waals surface area contributed by atoms with Crippen LogP contribution in [0.3, 0.4) is 0 Å². The summed E-state index contributed by atoms with van der Waals surface area (Å²) in [6.07, 6.45) is -3.72. The molecule has 1 saturated heterocycles. The van der Waals surface area contributed by atoms with Gasteiger partial charge in [0, 0.05) is 17.8 Å². The highest BCUT2D eigenvalue weighted by molar-refractivity contribution is 6.03. The summed E-state index contributed by atoms with van der Waals surface area (Å²) in [5.74, 6) is -2.22. The first kappa shape index (κ1) is 19.5. The van der Waals surface area contributed by atoms with E-state index in [-0.39, 0.29) is 37.6 Å². The summed E-state index contributed by atoms with van der Waals surface area (Å²) >= 11 is 0. The molecule has 0 saturated carbocycles. The summed E-state index contributed by atoms with van der Waals surface area (Å²) in [5.41, 5.74) is 1.58. The maximum atomic E-state index is 12.9. The van der Waals surface area contributed by atoms with Crippen molar-refractivity contribution in [3.8, 4) is 0 Å². The Morgan fingerprint density at radius 3 is 2.60 bits per heavy atom. The Hall–Kier alpha value is -1.83. The van der Waals surface area contributed by atoms with Gasteiger partial charge in [-0.3, -0.25) is 9.69 Å². The fourth-order valence-electron chi connectivity index (χ4n) is 3.32. The molecule has 2 heterocycles. The van der Waals surface area contributed by atoms with Gasteiger partial charge >= 0.3 is 12.1 Å². The van der Waals surface area contributed by atoms with Crippen molar-refractivity contribution in [2.45, 2.75) is 39.8 Å². The molecule has 1 unspecified atom stereocenters. The lowest BCUT2D eigenvalue weighted by atomic mass is 9.96. The molecule has 0 bridgehead atoms. The SMILES string of the molecule is CCOC(=O)c1[nH]c(C)c(C(=O)CN2CCCC(C(F)(F)F)C2)c1C. The van der Waals surface area contributed by atoms with Crippen molar-refractivity contribution >= 4 is 11.8 Å². The highest BCUT2D eigenvalue weighted by Gasteiger charge is 2.42. The highest BCUT2D eigenvalue weighted by atomic mass is 19.4. The fraction of sp³-hybridized carbons (Fsp3) is 0.647. The molecule has 2 rings (SSSR count). The van der Waals surface area contributed by atoms with Crippen LogP contribution in [0, 0.1) is 19.8 Å². The Morgan fingerprint density at radius 2 is 2.00 bits per heavy atom. The summed E-state index contributed by atoms with van der Waals surface area (Å²) in [5, 5.41) is 0. The first-order chi connectivity index (χ1) is 11.6. The first-order valence-corrected chi connectivity index (χ1v) is 8.33. The second-order valence-electron chi connectivity index (χ2n) is 6.38. The van der Waals surface area contributed by atoms with Gasteiger partial charge in [-0.15, -0.1) is 0 Å². The summed E-state index contributed by atoms with van der Waals surface area (Å²) in [7, 11) is 0. The lowest BCUT2D eigenvalue weighted by molar-refractivity contribution is -0.186. The molecule has 1 N–H and O–H groups in total. The number of aromatic amines is 1. The van der Waals surface area contributed by atoms with Crippen LogP contribution in [-0.4, -0.2) is 54.1 Å². The number of nitrogens with zero attached hydrogens (tertiary/aromatic N) is 1. The summed E-state index contributed by atoms with van der Waals surface area (Å²) < 4.78 is 43.6. The molecule has 1 aliphatic heterocycles. The van der Waals surface area contributed by atoms with Crippen molar-refractivity contribution < 1.29 is 27.5 Å². The number of carbonyl (C=O) groups excluding carboxylic acids is 2. The van der Waals surface area contributed by atoms with Crippen LogP contribution in [0.2, 0.25) is 0 Å². The van der Waals surface area contributed by atoms with Crippen molar-refractivity contribution in [2.75, 3.05) is 26.2 Å². The predicted octanol–water partition coefficient (Wildman–Crippen LogP) is 3.27. The van der Waals surface area contributed by atoms with Gasteiger partial charge < -0.3 is 9.72 Å². The third-order valence-electron chi connectivity index (χ3n) is 4.53. The molecule has 0 radical (unpaired) electrons. The number of piperidine rings is 1. The number of halogens is 3. The molecular formula is C17H23F3N2O3. The molecule has 0 aliphatic carbocycles. The van der Waals surface area contributed by atoms with E-state index in [1.165, 1.54) is 0 Å². The van der Waals surface area contributed by atoms with Gasteiger partial charge in [0.15, 0.2) is 5.78 Å². The fourth-order valence-corrected chi connectivity index (χ4v) is 3.32. The van der Waals surface area contributed by atoms with E-state index >= 15 is 0 Å². The molecule has 1 aromatic heterocycles. The average molecular weight is 360 g/mol. The van der Waals surface area contributed by atoms with E-state index in [1.54, 1.807) is 25.7 Å². The highest BCUT2D eigenvalue weighted by Crippen LogP contribution is 2.33. The van der Waals surface area contributed by atoms with Crippen molar-refractivity contribution in [3.63, 3.8) is 0 Å². The number of hydrogen-bond acceptors (Lipinski definition) is 4. The van der Waals surface area contributed by atoms with E-state index in [4.69, 9.17) is 4.74 Å². The van der Waals surface area contributed by atoms with Gasteiger partial charge in [0.25, 0.3) is 0 Å². The first-order valence-electron chi connectivity index (χ1n) is 8.33. The summed E-state index contributed by atoms with van der Waals surface area (Å²) in [4.78, 5) is 28.9. The maximum absolute atomic E-state index is 12.9. The molecule has 1 aliphatic rings. The zero-order chi connectivity index (χ0) is 18.8. The molecule has 1 aromatic rings. The number of aromatic nitrogens is 1. The topological polar surface area (TPSA) is 62.4 Å². The Morgan fingerprint density at radius 1 is 1.32 bits per heavy atom. The van der Waals surface area contributed by atoms with Crippen LogP contribution < -0.4 is 0 Å². The molecule has 25 heavy (non-hydrogen) atoms. The van der Waals surface area contributed by atoms with E-state index in [0.717, 1.165) is 0 Å². The summed E-state index contributed by atoms with van der Waals surface area (Å²) in [6.45, 7) is 5.41. The molecule has 1 fully saturated rings. The minimum Gasteiger partial charge on any atom is -0.461 e. The molecule has 140 valence electrons. The number of ketones is 1. The number of esters is 1. The van der Waals surface area contributed by atoms with E-state index < -0.39 is 18.1 Å². The van der Waals surface area contributed by atoms with Crippen molar-refractivity contribution in [1.82, 2.24) is 9.88 Å². The number of carbonyl (C=O) groups is 2. The van der Waals surface area contributed by atoms with Crippen LogP contribution in [0.1, 0.15) is 51.9 Å². The predicted molar refractivity (Wildman–Crippen MR) is 85.8 cm³/mol. The number of aryl methyl sites for hydroxylation is 1. The number of alkyl halides is 3. The molecule has 5 nitrogen and oxygen atoms in total. The quantitative estimate of drug-likeness (QED) is 0.647. The van der Waals surface area contributed by atoms with E-state index in [1.807, 2.05) is 0 Å². The number of likely N-dealkylation sites (tertiary alicyclic amines) is 1. The van der Waals surface area contributed by atoms with E-state index in [2.05, 4.69) is 4.98 Å². The number of Topliss-reactive ketones (excluding diaryl/α,β-unsaturated/α-hetero) is 1. The minimum absolute atomic E-state index is 0.0889. The van der Waals surface area contributed by atoms with Crippen molar-refractivity contribution in [1.29, 1.82) is 0 Å². The molecule has 8 heteroatoms. The lowest BCUT2D eigenvalue weighted by Gasteiger charge is -2.33. The van der Waals surface area contributed by atoms with Crippen LogP contribution in [0.4, 0.5) is 13.2 Å². The standard InChI is InChI=1S/C17H23F3N2O3/c1-4-25-16(24)15-10(2)14(11(3)21-15)13(23)9-22-7-5-6-12(8-22)17(18,19)20/h12,21H,4-9H2,1-3H3. The van der Waals surface area contributed by atoms with Gasteiger partial charge in [0.1, 0.15) is 5.69 Å². The zero-order valence-electron chi connectivity index (χ0n) is 14.6. The number of hydrogen-bond donors (Lipinski definition) is 1. The number of ether oxygens (including phenoxy) is 1. The van der Waals surface area contributed by atoms with Crippen molar-refractivity contribution in [2.24, 2.45) is 5.92 Å². The van der Waals surface area contributed by atoms with Gasteiger partial charge in [0.2, 0.25) is 0 Å². The molecule has 0 amide bonds. The Kier molecular flexibility index (Phi) is 5.92. The molecular weight excluding hydrogens is 337 g/mol. The van der Waals surface area contributed by atoms with Crippen LogP contribution in [0.5, 0.6) is 0 Å². The van der Waals surface area contributed by atoms with Gasteiger partial charge in [-0.2, -0.15) is 13.2 Å². The number of nitrogens with one attached hydrogen (secondary N) is 1. The zero-order valence-corrected chi connectivity index (χ0v) is 14.6. The van der Waals surface area contributed by atoms with Gasteiger partial charge in [-0.25, -0.2) is 4.79 Å².